The van der Waals surface area contributed by atoms with Crippen molar-refractivity contribution in [2.45, 2.75) is 59.8 Å². The zero-order chi connectivity index (χ0) is 19.5. The van der Waals surface area contributed by atoms with Crippen LogP contribution in [0.1, 0.15) is 67.6 Å². The summed E-state index contributed by atoms with van der Waals surface area (Å²) in [4.78, 5) is 17.8. The number of aryl methyl sites for hydroxylation is 1. The summed E-state index contributed by atoms with van der Waals surface area (Å²) in [5.74, 6) is -0.164. The summed E-state index contributed by atoms with van der Waals surface area (Å²) in [5.41, 5.74) is 5.21. The van der Waals surface area contributed by atoms with Gasteiger partial charge in [-0.3, -0.25) is 0 Å². The fourth-order valence-electron chi connectivity index (χ4n) is 2.90. The Bertz CT molecular complexity index is 774. The molecule has 0 aliphatic rings. The molecule has 1 heterocycles. The van der Waals surface area contributed by atoms with Crippen LogP contribution in [-0.4, -0.2) is 22.6 Å². The molecule has 0 aliphatic heterocycles. The molecule has 4 heteroatoms. The Morgan fingerprint density at radius 1 is 1.19 bits per heavy atom. The topological polar surface area (TPSA) is 53.4 Å². The molecule has 0 amide bonds. The van der Waals surface area contributed by atoms with Gasteiger partial charge in [-0.05, 0) is 60.6 Å². The largest absolute Gasteiger partial charge is 0.478 e. The normalized spacial score (nSPS) is 11.5. The van der Waals surface area contributed by atoms with Crippen LogP contribution in [0.5, 0.6) is 0 Å². The predicted octanol–water partition coefficient (Wildman–Crippen LogP) is 5.63. The minimum atomic E-state index is -0.953. The van der Waals surface area contributed by atoms with Crippen molar-refractivity contribution in [2.24, 2.45) is 0 Å². The van der Waals surface area contributed by atoms with Gasteiger partial charge in [0.25, 0.3) is 0 Å². The second-order valence-electron chi connectivity index (χ2n) is 7.90. The first-order valence-electron chi connectivity index (χ1n) is 9.23. The highest BCUT2D eigenvalue weighted by atomic mass is 16.4. The zero-order valence-electron chi connectivity index (χ0n) is 16.8. The Morgan fingerprint density at radius 3 is 2.38 bits per heavy atom. The molecule has 2 aromatic rings. The zero-order valence-corrected chi connectivity index (χ0v) is 16.8. The number of unbranched alkanes of at least 4 members (excludes halogenated alkanes) is 1. The van der Waals surface area contributed by atoms with Gasteiger partial charge in [-0.25, -0.2) is 9.78 Å². The SMILES string of the molecule is CCCCN(c1ccc(C(=O)O)cn1)c1cc(C(C)(C)C)cc(C)c1C. The summed E-state index contributed by atoms with van der Waals surface area (Å²) in [6, 6.07) is 7.94. The van der Waals surface area contributed by atoms with E-state index in [9.17, 15) is 4.79 Å². The van der Waals surface area contributed by atoms with Gasteiger partial charge in [-0.15, -0.1) is 0 Å². The number of anilines is 2. The highest BCUT2D eigenvalue weighted by Crippen LogP contribution is 2.34. The Morgan fingerprint density at radius 2 is 1.88 bits per heavy atom. The molecule has 0 bridgehead atoms. The maximum absolute atomic E-state index is 11.1. The number of aromatic nitrogens is 1. The number of benzene rings is 1. The van der Waals surface area contributed by atoms with Crippen molar-refractivity contribution >= 4 is 17.5 Å². The Hall–Kier alpha value is -2.36. The smallest absolute Gasteiger partial charge is 0.337 e. The van der Waals surface area contributed by atoms with E-state index in [2.05, 4.69) is 63.6 Å². The minimum Gasteiger partial charge on any atom is -0.478 e. The summed E-state index contributed by atoms with van der Waals surface area (Å²) in [6.45, 7) is 14.0. The second-order valence-corrected chi connectivity index (χ2v) is 7.90. The molecular formula is C22H30N2O2. The van der Waals surface area contributed by atoms with E-state index in [1.807, 2.05) is 0 Å². The van der Waals surface area contributed by atoms with E-state index in [0.717, 1.165) is 30.9 Å². The third-order valence-electron chi connectivity index (χ3n) is 4.80. The number of hydrogen-bond donors (Lipinski definition) is 1. The van der Waals surface area contributed by atoms with E-state index in [1.165, 1.54) is 22.9 Å². The maximum Gasteiger partial charge on any atom is 0.337 e. The monoisotopic (exact) mass is 354 g/mol. The first kappa shape index (κ1) is 20.0. The molecule has 0 spiro atoms. The number of nitrogens with zero attached hydrogens (tertiary/aromatic N) is 2. The van der Waals surface area contributed by atoms with E-state index in [0.29, 0.717) is 0 Å². The molecule has 0 fully saturated rings. The summed E-state index contributed by atoms with van der Waals surface area (Å²) in [6.07, 6.45) is 3.56. The van der Waals surface area contributed by atoms with Crippen LogP contribution in [0.3, 0.4) is 0 Å². The number of carboxylic acids is 1. The van der Waals surface area contributed by atoms with Gasteiger partial charge in [-0.1, -0.05) is 40.2 Å². The molecule has 1 N–H and O–H groups in total. The lowest BCUT2D eigenvalue weighted by atomic mass is 9.84. The van der Waals surface area contributed by atoms with Crippen molar-refractivity contribution in [3.63, 3.8) is 0 Å². The number of carbonyl (C=O) groups is 1. The number of carboxylic acid groups (broad SMARTS) is 1. The molecule has 0 radical (unpaired) electrons. The molecule has 26 heavy (non-hydrogen) atoms. The van der Waals surface area contributed by atoms with Gasteiger partial charge in [-0.2, -0.15) is 0 Å². The fraction of sp³-hybridized carbons (Fsp3) is 0.455. The van der Waals surface area contributed by atoms with Crippen LogP contribution < -0.4 is 4.90 Å². The van der Waals surface area contributed by atoms with Gasteiger partial charge in [0.15, 0.2) is 0 Å². The molecule has 0 atom stereocenters. The maximum atomic E-state index is 11.1. The van der Waals surface area contributed by atoms with Gasteiger partial charge in [0.05, 0.1) is 5.56 Å². The number of rotatable bonds is 6. The third-order valence-corrected chi connectivity index (χ3v) is 4.80. The van der Waals surface area contributed by atoms with E-state index < -0.39 is 5.97 Å². The minimum absolute atomic E-state index is 0.0598. The van der Waals surface area contributed by atoms with Crippen molar-refractivity contribution < 1.29 is 9.90 Å². The van der Waals surface area contributed by atoms with Crippen molar-refractivity contribution in [1.82, 2.24) is 4.98 Å². The molecule has 4 nitrogen and oxygen atoms in total. The van der Waals surface area contributed by atoms with Gasteiger partial charge in [0.2, 0.25) is 0 Å². The Balaban J connectivity index is 2.56. The Kier molecular flexibility index (Phi) is 6.06. The van der Waals surface area contributed by atoms with Crippen LogP contribution in [0, 0.1) is 13.8 Å². The van der Waals surface area contributed by atoms with Crippen molar-refractivity contribution in [2.75, 3.05) is 11.4 Å². The molecular weight excluding hydrogens is 324 g/mol. The van der Waals surface area contributed by atoms with Gasteiger partial charge in [0.1, 0.15) is 5.82 Å². The van der Waals surface area contributed by atoms with Crippen LogP contribution in [0.4, 0.5) is 11.5 Å². The average molecular weight is 354 g/mol. The highest BCUT2D eigenvalue weighted by Gasteiger charge is 2.20. The van der Waals surface area contributed by atoms with E-state index >= 15 is 0 Å². The molecule has 0 saturated carbocycles. The molecule has 1 aromatic heterocycles. The molecule has 140 valence electrons. The van der Waals surface area contributed by atoms with Gasteiger partial charge in [0, 0.05) is 18.4 Å². The quantitative estimate of drug-likeness (QED) is 0.730. The lowest BCUT2D eigenvalue weighted by Gasteiger charge is -2.29. The lowest BCUT2D eigenvalue weighted by molar-refractivity contribution is 0.0696. The predicted molar refractivity (Wildman–Crippen MR) is 108 cm³/mol. The van der Waals surface area contributed by atoms with Crippen molar-refractivity contribution in [3.8, 4) is 0 Å². The molecule has 0 unspecified atom stereocenters. The van der Waals surface area contributed by atoms with Crippen molar-refractivity contribution in [1.29, 1.82) is 0 Å². The second kappa shape index (κ2) is 7.90. The third kappa shape index (κ3) is 4.43. The summed E-state index contributed by atoms with van der Waals surface area (Å²) in [5, 5.41) is 9.13. The fourth-order valence-corrected chi connectivity index (χ4v) is 2.90. The Labute approximate surface area is 156 Å². The summed E-state index contributed by atoms with van der Waals surface area (Å²) < 4.78 is 0. The number of pyridine rings is 1. The lowest BCUT2D eigenvalue weighted by Crippen LogP contribution is -2.22. The van der Waals surface area contributed by atoms with E-state index in [-0.39, 0.29) is 11.0 Å². The van der Waals surface area contributed by atoms with Crippen LogP contribution in [0.15, 0.2) is 30.5 Å². The summed E-state index contributed by atoms with van der Waals surface area (Å²) in [7, 11) is 0. The van der Waals surface area contributed by atoms with Crippen LogP contribution in [0.2, 0.25) is 0 Å². The first-order chi connectivity index (χ1) is 12.1. The number of aromatic carboxylic acids is 1. The van der Waals surface area contributed by atoms with E-state index in [1.54, 1.807) is 12.1 Å². The van der Waals surface area contributed by atoms with Crippen molar-refractivity contribution in [3.05, 3.63) is 52.7 Å². The van der Waals surface area contributed by atoms with E-state index in [4.69, 9.17) is 5.11 Å². The average Bonchev–Trinajstić information content (AvgIpc) is 2.58. The molecule has 2 rings (SSSR count). The highest BCUT2D eigenvalue weighted by molar-refractivity contribution is 5.87. The van der Waals surface area contributed by atoms with Crippen LogP contribution in [-0.2, 0) is 5.41 Å². The standard InChI is InChI=1S/C22H30N2O2/c1-7-8-11-24(20-10-9-17(14-23-20)21(25)26)19-13-18(22(4,5)6)12-15(2)16(19)3/h9-10,12-14H,7-8,11H2,1-6H3,(H,25,26). The first-order valence-corrected chi connectivity index (χ1v) is 9.23. The molecule has 0 saturated heterocycles. The van der Waals surface area contributed by atoms with Crippen LogP contribution in [0.25, 0.3) is 0 Å². The van der Waals surface area contributed by atoms with Crippen LogP contribution >= 0.6 is 0 Å². The number of hydrogen-bond acceptors (Lipinski definition) is 3. The van der Waals surface area contributed by atoms with Gasteiger partial charge < -0.3 is 10.0 Å². The summed E-state index contributed by atoms with van der Waals surface area (Å²) >= 11 is 0. The molecule has 1 aromatic carbocycles. The molecule has 0 aliphatic carbocycles. The van der Waals surface area contributed by atoms with Gasteiger partial charge >= 0.3 is 5.97 Å².